The Bertz CT molecular complexity index is 1250. The molecule has 2 amide bonds. The lowest BCUT2D eigenvalue weighted by Crippen LogP contribution is -2.52. The van der Waals surface area contributed by atoms with Crippen LogP contribution in [0.2, 0.25) is 5.02 Å². The molecule has 0 unspecified atom stereocenters. The SMILES string of the molecule is C[C@H](C(=O)NC(C)(C)C)N(Cc1ccccc1Cl)C(=O)CCCN(c1cccc(C(F)(F)F)c1)S(C)(=O)=O. The summed E-state index contributed by atoms with van der Waals surface area (Å²) in [5.74, 6) is -0.807. The van der Waals surface area contributed by atoms with Gasteiger partial charge in [0.15, 0.2) is 0 Å². The van der Waals surface area contributed by atoms with Gasteiger partial charge in [-0.3, -0.25) is 13.9 Å². The van der Waals surface area contributed by atoms with E-state index >= 15 is 0 Å². The Kier molecular flexibility index (Phi) is 10.2. The van der Waals surface area contributed by atoms with Crippen LogP contribution in [0.15, 0.2) is 48.5 Å². The predicted octanol–water partition coefficient (Wildman–Crippen LogP) is 5.24. The molecular formula is C26H33ClF3N3O4S. The molecule has 0 fully saturated rings. The number of halogens is 4. The van der Waals surface area contributed by atoms with Gasteiger partial charge in [-0.05, 0) is 63.9 Å². The van der Waals surface area contributed by atoms with Gasteiger partial charge in [0.25, 0.3) is 0 Å². The maximum absolute atomic E-state index is 13.3. The van der Waals surface area contributed by atoms with Gasteiger partial charge in [-0.2, -0.15) is 13.2 Å². The third kappa shape index (κ3) is 9.20. The molecule has 0 aromatic heterocycles. The molecule has 2 aromatic rings. The molecule has 0 saturated carbocycles. The molecule has 0 saturated heterocycles. The molecule has 38 heavy (non-hydrogen) atoms. The van der Waals surface area contributed by atoms with Crippen molar-refractivity contribution in [1.29, 1.82) is 0 Å². The molecule has 0 heterocycles. The first kappa shape index (κ1) is 31.4. The van der Waals surface area contributed by atoms with E-state index in [2.05, 4.69) is 5.32 Å². The molecule has 0 bridgehead atoms. The highest BCUT2D eigenvalue weighted by Crippen LogP contribution is 2.32. The second kappa shape index (κ2) is 12.4. The minimum absolute atomic E-state index is 0.00871. The lowest BCUT2D eigenvalue weighted by Gasteiger charge is -2.32. The largest absolute Gasteiger partial charge is 0.416 e. The molecule has 0 aliphatic heterocycles. The quantitative estimate of drug-likeness (QED) is 0.420. The number of nitrogens with one attached hydrogen (secondary N) is 1. The van der Waals surface area contributed by atoms with Crippen molar-refractivity contribution in [2.45, 2.75) is 64.8 Å². The van der Waals surface area contributed by atoms with E-state index in [0.29, 0.717) is 10.6 Å². The van der Waals surface area contributed by atoms with Gasteiger partial charge < -0.3 is 10.2 Å². The number of benzene rings is 2. The number of nitrogens with zero attached hydrogens (tertiary/aromatic N) is 2. The summed E-state index contributed by atoms with van der Waals surface area (Å²) in [5.41, 5.74) is -1.05. The Morgan fingerprint density at radius 2 is 1.68 bits per heavy atom. The minimum atomic E-state index is -4.64. The van der Waals surface area contributed by atoms with Gasteiger partial charge in [-0.1, -0.05) is 35.9 Å². The molecule has 0 aliphatic carbocycles. The van der Waals surface area contributed by atoms with Crippen molar-refractivity contribution in [3.8, 4) is 0 Å². The van der Waals surface area contributed by atoms with Gasteiger partial charge in [-0.25, -0.2) is 8.42 Å². The zero-order chi connectivity index (χ0) is 28.9. The summed E-state index contributed by atoms with van der Waals surface area (Å²) >= 11 is 6.28. The predicted molar refractivity (Wildman–Crippen MR) is 142 cm³/mol. The fourth-order valence-electron chi connectivity index (χ4n) is 3.71. The molecule has 2 rings (SSSR count). The smallest absolute Gasteiger partial charge is 0.350 e. The van der Waals surface area contributed by atoms with Crippen LogP contribution in [0.25, 0.3) is 0 Å². The third-order valence-electron chi connectivity index (χ3n) is 5.58. The van der Waals surface area contributed by atoms with Gasteiger partial charge in [0.1, 0.15) is 6.04 Å². The first-order valence-electron chi connectivity index (χ1n) is 11.9. The number of hydrogen-bond acceptors (Lipinski definition) is 4. The van der Waals surface area contributed by atoms with E-state index in [9.17, 15) is 31.2 Å². The number of alkyl halides is 3. The summed E-state index contributed by atoms with van der Waals surface area (Å²) < 4.78 is 65.1. The number of sulfonamides is 1. The highest BCUT2D eigenvalue weighted by molar-refractivity contribution is 7.92. The summed E-state index contributed by atoms with van der Waals surface area (Å²) in [6.07, 6.45) is -3.90. The number of anilines is 1. The zero-order valence-corrected chi connectivity index (χ0v) is 23.5. The lowest BCUT2D eigenvalue weighted by molar-refractivity contribution is -0.141. The molecule has 1 atom stereocenters. The Hall–Kier alpha value is -2.79. The maximum atomic E-state index is 13.3. The van der Waals surface area contributed by atoms with Gasteiger partial charge in [-0.15, -0.1) is 0 Å². The fourth-order valence-corrected chi connectivity index (χ4v) is 4.86. The van der Waals surface area contributed by atoms with Crippen LogP contribution in [-0.2, 0) is 32.3 Å². The fraction of sp³-hybridized carbons (Fsp3) is 0.462. The second-order valence-electron chi connectivity index (χ2n) is 10.0. The Morgan fingerprint density at radius 3 is 2.24 bits per heavy atom. The van der Waals surface area contributed by atoms with Crippen LogP contribution in [0.1, 0.15) is 51.7 Å². The number of rotatable bonds is 10. The van der Waals surface area contributed by atoms with Crippen molar-refractivity contribution in [2.75, 3.05) is 17.1 Å². The van der Waals surface area contributed by atoms with Crippen molar-refractivity contribution in [1.82, 2.24) is 10.2 Å². The van der Waals surface area contributed by atoms with Crippen LogP contribution < -0.4 is 9.62 Å². The second-order valence-corrected chi connectivity index (χ2v) is 12.3. The monoisotopic (exact) mass is 575 g/mol. The van der Waals surface area contributed by atoms with Crippen LogP contribution in [-0.4, -0.2) is 49.5 Å². The minimum Gasteiger partial charge on any atom is -0.350 e. The average Bonchev–Trinajstić information content (AvgIpc) is 2.78. The van der Waals surface area contributed by atoms with E-state index in [1.54, 1.807) is 31.2 Å². The van der Waals surface area contributed by atoms with Crippen molar-refractivity contribution in [3.63, 3.8) is 0 Å². The molecule has 12 heteroatoms. The summed E-state index contributed by atoms with van der Waals surface area (Å²) in [5, 5.41) is 3.26. The van der Waals surface area contributed by atoms with E-state index in [1.807, 2.05) is 20.8 Å². The Balaban J connectivity index is 2.25. The van der Waals surface area contributed by atoms with Crippen LogP contribution in [0.4, 0.5) is 18.9 Å². The Morgan fingerprint density at radius 1 is 1.05 bits per heavy atom. The van der Waals surface area contributed by atoms with Gasteiger partial charge >= 0.3 is 6.18 Å². The van der Waals surface area contributed by atoms with Crippen LogP contribution in [0, 0.1) is 0 Å². The maximum Gasteiger partial charge on any atom is 0.416 e. The van der Waals surface area contributed by atoms with E-state index in [-0.39, 0.29) is 37.5 Å². The number of hydrogen-bond donors (Lipinski definition) is 1. The molecule has 0 spiro atoms. The van der Waals surface area contributed by atoms with Crippen molar-refractivity contribution in [2.24, 2.45) is 0 Å². The summed E-state index contributed by atoms with van der Waals surface area (Å²) in [4.78, 5) is 27.5. The molecule has 210 valence electrons. The number of carbonyl (C=O) groups excluding carboxylic acids is 2. The van der Waals surface area contributed by atoms with Crippen LogP contribution in [0.5, 0.6) is 0 Å². The highest BCUT2D eigenvalue weighted by Gasteiger charge is 2.32. The zero-order valence-electron chi connectivity index (χ0n) is 22.0. The standard InChI is InChI=1S/C26H33ClF3N3O4S/c1-18(24(35)31-25(2,3)4)32(17-19-10-6-7-13-22(19)27)23(34)14-9-15-33(38(5,36)37)21-12-8-11-20(16-21)26(28,29)30/h6-8,10-13,16,18H,9,14-15,17H2,1-5H3,(H,31,35)/t18-/m1/s1. The van der Waals surface area contributed by atoms with Crippen LogP contribution >= 0.6 is 11.6 Å². The van der Waals surface area contributed by atoms with E-state index < -0.39 is 39.3 Å². The van der Waals surface area contributed by atoms with Crippen molar-refractivity contribution >= 4 is 39.1 Å². The van der Waals surface area contributed by atoms with E-state index in [1.165, 1.54) is 11.0 Å². The molecular weight excluding hydrogens is 543 g/mol. The number of carbonyl (C=O) groups is 2. The topological polar surface area (TPSA) is 86.8 Å². The highest BCUT2D eigenvalue weighted by atomic mass is 35.5. The van der Waals surface area contributed by atoms with Gasteiger partial charge in [0.2, 0.25) is 21.8 Å². The summed E-state index contributed by atoms with van der Waals surface area (Å²) in [7, 11) is -3.94. The average molecular weight is 576 g/mol. The normalized spacial score (nSPS) is 13.1. The van der Waals surface area contributed by atoms with Gasteiger partial charge in [0, 0.05) is 30.1 Å². The first-order chi connectivity index (χ1) is 17.4. The van der Waals surface area contributed by atoms with E-state index in [0.717, 1.165) is 28.8 Å². The third-order valence-corrected chi connectivity index (χ3v) is 7.14. The Labute approximate surface area is 227 Å². The molecule has 0 radical (unpaired) electrons. The molecule has 0 aliphatic rings. The van der Waals surface area contributed by atoms with Gasteiger partial charge in [0.05, 0.1) is 17.5 Å². The van der Waals surface area contributed by atoms with Crippen molar-refractivity contribution < 1.29 is 31.2 Å². The molecule has 2 aromatic carbocycles. The van der Waals surface area contributed by atoms with Crippen molar-refractivity contribution in [3.05, 3.63) is 64.7 Å². The lowest BCUT2D eigenvalue weighted by atomic mass is 10.1. The summed E-state index contributed by atoms with van der Waals surface area (Å²) in [6.45, 7) is 6.83. The number of amides is 2. The first-order valence-corrected chi connectivity index (χ1v) is 14.1. The summed E-state index contributed by atoms with van der Waals surface area (Å²) in [6, 6.07) is 10.0. The molecule has 7 nitrogen and oxygen atoms in total. The van der Waals surface area contributed by atoms with Crippen LogP contribution in [0.3, 0.4) is 0 Å². The van der Waals surface area contributed by atoms with E-state index in [4.69, 9.17) is 11.6 Å². The molecule has 1 N–H and O–H groups in total.